The van der Waals surface area contributed by atoms with Gasteiger partial charge in [-0.1, -0.05) is 0 Å². The average Bonchev–Trinajstić information content (AvgIpc) is 3.33. The Morgan fingerprint density at radius 1 is 1.23 bits per heavy atom. The summed E-state index contributed by atoms with van der Waals surface area (Å²) < 4.78 is 5.87. The maximum absolute atomic E-state index is 12.1. The van der Waals surface area contributed by atoms with Crippen LogP contribution < -0.4 is 21.9 Å². The Balaban J connectivity index is 1.74. The Morgan fingerprint density at radius 3 is 2.80 bits per heavy atom. The molecule has 0 aromatic carbocycles. The Bertz CT molecular complexity index is 1230. The lowest BCUT2D eigenvalue weighted by atomic mass is 9.87. The van der Waals surface area contributed by atoms with Gasteiger partial charge in [-0.3, -0.25) is 20.5 Å². The van der Waals surface area contributed by atoms with Gasteiger partial charge in [-0.25, -0.2) is 20.6 Å². The molecular formula is C24H29N7O3S. The molecule has 0 spiro atoms. The Hall–Kier alpha value is -3.41. The molecule has 1 saturated heterocycles. The van der Waals surface area contributed by atoms with Crippen molar-refractivity contribution in [2.45, 2.75) is 45.1 Å². The number of urea groups is 1. The summed E-state index contributed by atoms with van der Waals surface area (Å²) in [6.07, 6.45) is 6.55. The number of nitrogens with one attached hydrogen (secondary N) is 3. The molecule has 0 radical (unpaired) electrons. The van der Waals surface area contributed by atoms with Crippen molar-refractivity contribution in [3.05, 3.63) is 47.4 Å². The number of hydrogen-bond acceptors (Lipinski definition) is 8. The minimum atomic E-state index is -0.443. The third-order valence-corrected chi connectivity index (χ3v) is 6.69. The van der Waals surface area contributed by atoms with Crippen LogP contribution in [0.5, 0.6) is 0 Å². The van der Waals surface area contributed by atoms with E-state index in [4.69, 9.17) is 15.6 Å². The van der Waals surface area contributed by atoms with Gasteiger partial charge >= 0.3 is 6.03 Å². The van der Waals surface area contributed by atoms with Gasteiger partial charge in [-0.15, -0.1) is 11.3 Å². The molecule has 0 saturated carbocycles. The lowest BCUT2D eigenvalue weighted by Gasteiger charge is -2.34. The van der Waals surface area contributed by atoms with E-state index in [2.05, 4.69) is 45.3 Å². The first kappa shape index (κ1) is 24.7. The Labute approximate surface area is 207 Å². The zero-order valence-corrected chi connectivity index (χ0v) is 20.7. The van der Waals surface area contributed by atoms with Crippen LogP contribution in [0, 0.1) is 0 Å². The number of hydrazine groups is 1. The van der Waals surface area contributed by atoms with Gasteiger partial charge in [0.15, 0.2) is 0 Å². The normalized spacial score (nSPS) is 17.0. The number of amides is 3. The molecule has 0 aliphatic carbocycles. The molecule has 5 N–H and O–H groups in total. The molecule has 3 amide bonds. The van der Waals surface area contributed by atoms with E-state index in [0.717, 1.165) is 34.7 Å². The zero-order chi connectivity index (χ0) is 25.0. The summed E-state index contributed by atoms with van der Waals surface area (Å²) in [5, 5.41) is 8.32. The second-order valence-electron chi connectivity index (χ2n) is 8.91. The van der Waals surface area contributed by atoms with Crippen molar-refractivity contribution in [1.29, 1.82) is 0 Å². The van der Waals surface area contributed by atoms with Crippen LogP contribution in [0.2, 0.25) is 0 Å². The molecule has 4 heterocycles. The molecule has 1 fully saturated rings. The van der Waals surface area contributed by atoms with Crippen molar-refractivity contribution in [2.24, 2.45) is 5.84 Å². The van der Waals surface area contributed by atoms with Crippen molar-refractivity contribution >= 4 is 29.1 Å². The van der Waals surface area contributed by atoms with Crippen LogP contribution >= 0.6 is 11.3 Å². The number of hydrogen-bond donors (Lipinski definition) is 4. The minimum absolute atomic E-state index is 0.187. The van der Waals surface area contributed by atoms with E-state index in [1.165, 1.54) is 17.5 Å². The lowest BCUT2D eigenvalue weighted by molar-refractivity contribution is -0.0597. The van der Waals surface area contributed by atoms with Gasteiger partial charge < -0.3 is 10.1 Å². The SMILES string of the molecule is CCNC(=O)Nc1cc(-c2nc(C3CCOC(C)(C)C3)cs2)c(-c2cncc(C(=O)NN)c2)cn1. The van der Waals surface area contributed by atoms with Crippen LogP contribution in [-0.2, 0) is 4.74 Å². The number of nitrogens with two attached hydrogens (primary N) is 1. The van der Waals surface area contributed by atoms with E-state index < -0.39 is 5.91 Å². The smallest absolute Gasteiger partial charge is 0.320 e. The molecule has 1 aliphatic heterocycles. The second-order valence-corrected chi connectivity index (χ2v) is 9.77. The number of ether oxygens (including phenoxy) is 1. The summed E-state index contributed by atoms with van der Waals surface area (Å²) >= 11 is 1.53. The maximum Gasteiger partial charge on any atom is 0.320 e. The largest absolute Gasteiger partial charge is 0.376 e. The number of carbonyl (C=O) groups is 2. The highest BCUT2D eigenvalue weighted by Crippen LogP contribution is 2.40. The fourth-order valence-electron chi connectivity index (χ4n) is 4.13. The summed E-state index contributed by atoms with van der Waals surface area (Å²) in [6, 6.07) is 3.14. The number of nitrogens with zero attached hydrogens (tertiary/aromatic N) is 3. The third-order valence-electron chi connectivity index (χ3n) is 5.79. The van der Waals surface area contributed by atoms with Crippen LogP contribution in [0.25, 0.3) is 21.7 Å². The molecular weight excluding hydrogens is 466 g/mol. The molecule has 1 aliphatic rings. The number of aromatic nitrogens is 3. The maximum atomic E-state index is 12.1. The summed E-state index contributed by atoms with van der Waals surface area (Å²) in [7, 11) is 0. The summed E-state index contributed by atoms with van der Waals surface area (Å²) in [5.74, 6) is 5.55. The predicted octanol–water partition coefficient (Wildman–Crippen LogP) is 3.68. The average molecular weight is 496 g/mol. The van der Waals surface area contributed by atoms with Crippen molar-refractivity contribution in [3.63, 3.8) is 0 Å². The monoisotopic (exact) mass is 495 g/mol. The van der Waals surface area contributed by atoms with Gasteiger partial charge in [0.25, 0.3) is 5.91 Å². The molecule has 1 unspecified atom stereocenters. The highest BCUT2D eigenvalue weighted by molar-refractivity contribution is 7.13. The first-order chi connectivity index (χ1) is 16.8. The Morgan fingerprint density at radius 2 is 2.06 bits per heavy atom. The predicted molar refractivity (Wildman–Crippen MR) is 135 cm³/mol. The topological polar surface area (TPSA) is 144 Å². The number of carbonyl (C=O) groups excluding carboxylic acids is 2. The summed E-state index contributed by atoms with van der Waals surface area (Å²) in [5.41, 5.74) is 5.48. The fourth-order valence-corrected chi connectivity index (χ4v) is 5.06. The summed E-state index contributed by atoms with van der Waals surface area (Å²) in [4.78, 5) is 37.7. The highest BCUT2D eigenvalue weighted by atomic mass is 32.1. The molecule has 11 heteroatoms. The van der Waals surface area contributed by atoms with E-state index in [1.54, 1.807) is 24.5 Å². The molecule has 3 aromatic rings. The highest BCUT2D eigenvalue weighted by Gasteiger charge is 2.31. The second kappa shape index (κ2) is 10.5. The van der Waals surface area contributed by atoms with Crippen LogP contribution in [0.15, 0.2) is 36.1 Å². The number of pyridine rings is 2. The van der Waals surface area contributed by atoms with Gasteiger partial charge in [0.2, 0.25) is 0 Å². The fraction of sp³-hybridized carbons (Fsp3) is 0.375. The van der Waals surface area contributed by atoms with Gasteiger partial charge in [0, 0.05) is 59.7 Å². The third kappa shape index (κ3) is 5.81. The molecule has 10 nitrogen and oxygen atoms in total. The van der Waals surface area contributed by atoms with Crippen LogP contribution in [0.4, 0.5) is 10.6 Å². The number of anilines is 1. The molecule has 1 atom stereocenters. The van der Waals surface area contributed by atoms with E-state index in [9.17, 15) is 9.59 Å². The molecule has 184 valence electrons. The first-order valence-corrected chi connectivity index (χ1v) is 12.3. The van der Waals surface area contributed by atoms with Gasteiger partial charge in [-0.2, -0.15) is 0 Å². The van der Waals surface area contributed by atoms with Gasteiger partial charge in [-0.05, 0) is 45.7 Å². The first-order valence-electron chi connectivity index (χ1n) is 11.4. The van der Waals surface area contributed by atoms with Crippen molar-refractivity contribution < 1.29 is 14.3 Å². The van der Waals surface area contributed by atoms with Crippen LogP contribution in [0.1, 0.15) is 55.6 Å². The number of nitrogen functional groups attached to an aromatic ring is 1. The van der Waals surface area contributed by atoms with Gasteiger partial charge in [0.05, 0.1) is 16.9 Å². The van der Waals surface area contributed by atoms with E-state index in [-0.39, 0.29) is 11.6 Å². The standard InChI is InChI=1S/C24H29N7O3S/c1-4-27-23(33)30-20-8-17(18(12-28-20)15-7-16(11-26-10-15)21(32)31-25)22-29-19(13-35-22)14-5-6-34-24(2,3)9-14/h7-8,10-14H,4-6,9,25H2,1-3H3,(H,31,32)(H2,27,28,30,33). The van der Waals surface area contributed by atoms with Crippen molar-refractivity contribution in [1.82, 2.24) is 25.7 Å². The van der Waals surface area contributed by atoms with Crippen molar-refractivity contribution in [2.75, 3.05) is 18.5 Å². The minimum Gasteiger partial charge on any atom is -0.376 e. The number of thiazole rings is 1. The molecule has 35 heavy (non-hydrogen) atoms. The zero-order valence-electron chi connectivity index (χ0n) is 19.9. The quantitative estimate of drug-likeness (QED) is 0.232. The van der Waals surface area contributed by atoms with Gasteiger partial charge in [0.1, 0.15) is 10.8 Å². The Kier molecular flexibility index (Phi) is 7.39. The van der Waals surface area contributed by atoms with E-state index in [0.29, 0.717) is 36.0 Å². The van der Waals surface area contributed by atoms with Crippen LogP contribution in [-0.4, -0.2) is 45.6 Å². The lowest BCUT2D eigenvalue weighted by Crippen LogP contribution is -2.33. The molecule has 4 rings (SSSR count). The van der Waals surface area contributed by atoms with E-state index in [1.807, 2.05) is 6.92 Å². The molecule has 3 aromatic heterocycles. The van der Waals surface area contributed by atoms with Crippen molar-refractivity contribution in [3.8, 4) is 21.7 Å². The molecule has 0 bridgehead atoms. The van der Waals surface area contributed by atoms with Crippen LogP contribution in [0.3, 0.4) is 0 Å². The summed E-state index contributed by atoms with van der Waals surface area (Å²) in [6.45, 7) is 7.24. The number of rotatable bonds is 6. The van der Waals surface area contributed by atoms with E-state index >= 15 is 0 Å².